The van der Waals surface area contributed by atoms with Gasteiger partial charge in [-0.25, -0.2) is 0 Å². The van der Waals surface area contributed by atoms with E-state index in [0.29, 0.717) is 18.5 Å². The molecule has 2 heterocycles. The SMILES string of the molecule is COc1ccc(CC2=NOC(CNC(=O)c3ccc4[nH]ccc4c3)C2)cc1. The number of aromatic nitrogens is 1. The van der Waals surface area contributed by atoms with Crippen LogP contribution >= 0.6 is 0 Å². The van der Waals surface area contributed by atoms with E-state index in [4.69, 9.17) is 9.57 Å². The molecule has 2 N–H and O–H groups in total. The molecule has 1 unspecified atom stereocenters. The molecule has 1 aliphatic rings. The van der Waals surface area contributed by atoms with Crippen LogP contribution in [0.5, 0.6) is 5.75 Å². The highest BCUT2D eigenvalue weighted by molar-refractivity contribution is 5.98. The van der Waals surface area contributed by atoms with Crippen LogP contribution in [0, 0.1) is 0 Å². The fraction of sp³-hybridized carbons (Fsp3) is 0.238. The number of amides is 1. The minimum absolute atomic E-state index is 0.106. The topological polar surface area (TPSA) is 75.7 Å². The fourth-order valence-corrected chi connectivity index (χ4v) is 3.18. The summed E-state index contributed by atoms with van der Waals surface area (Å²) >= 11 is 0. The van der Waals surface area contributed by atoms with E-state index in [1.54, 1.807) is 7.11 Å². The Morgan fingerprint density at radius 1 is 1.26 bits per heavy atom. The second kappa shape index (κ2) is 7.53. The Labute approximate surface area is 157 Å². The van der Waals surface area contributed by atoms with E-state index in [-0.39, 0.29) is 12.0 Å². The van der Waals surface area contributed by atoms with Crippen LogP contribution in [-0.4, -0.2) is 36.4 Å². The van der Waals surface area contributed by atoms with E-state index in [1.165, 1.54) is 0 Å². The number of nitrogens with zero attached hydrogens (tertiary/aromatic N) is 1. The normalized spacial score (nSPS) is 16.0. The van der Waals surface area contributed by atoms with E-state index in [2.05, 4.69) is 15.5 Å². The van der Waals surface area contributed by atoms with Crippen LogP contribution in [0.15, 0.2) is 59.9 Å². The minimum atomic E-state index is -0.127. The summed E-state index contributed by atoms with van der Waals surface area (Å²) < 4.78 is 5.17. The van der Waals surface area contributed by atoms with Gasteiger partial charge < -0.3 is 19.9 Å². The molecule has 1 aliphatic heterocycles. The Morgan fingerprint density at radius 3 is 2.93 bits per heavy atom. The van der Waals surface area contributed by atoms with Gasteiger partial charge >= 0.3 is 0 Å². The standard InChI is InChI=1S/C21H21N3O3/c1-26-18-5-2-14(3-6-18)10-17-12-19(27-24-17)13-23-21(25)16-4-7-20-15(11-16)8-9-22-20/h2-9,11,19,22H,10,12-13H2,1H3,(H,23,25). The summed E-state index contributed by atoms with van der Waals surface area (Å²) in [6, 6.07) is 15.5. The van der Waals surface area contributed by atoms with Crippen molar-refractivity contribution in [3.63, 3.8) is 0 Å². The predicted octanol–water partition coefficient (Wildman–Crippen LogP) is 3.29. The van der Waals surface area contributed by atoms with Crippen LogP contribution in [0.4, 0.5) is 0 Å². The number of hydrogen-bond acceptors (Lipinski definition) is 4. The Bertz CT molecular complexity index is 976. The van der Waals surface area contributed by atoms with Crippen LogP contribution in [0.25, 0.3) is 10.9 Å². The third kappa shape index (κ3) is 3.95. The van der Waals surface area contributed by atoms with Gasteiger partial charge in [-0.1, -0.05) is 17.3 Å². The molecule has 0 saturated carbocycles. The molecule has 0 fully saturated rings. The molecule has 1 amide bonds. The predicted molar refractivity (Wildman–Crippen MR) is 104 cm³/mol. The summed E-state index contributed by atoms with van der Waals surface area (Å²) in [5, 5.41) is 8.12. The summed E-state index contributed by atoms with van der Waals surface area (Å²) in [5.74, 6) is 0.729. The van der Waals surface area contributed by atoms with Crippen molar-refractivity contribution in [3.05, 3.63) is 65.9 Å². The smallest absolute Gasteiger partial charge is 0.251 e. The molecule has 138 valence electrons. The van der Waals surface area contributed by atoms with Gasteiger partial charge in [0.25, 0.3) is 5.91 Å². The third-order valence-electron chi connectivity index (χ3n) is 4.67. The fourth-order valence-electron chi connectivity index (χ4n) is 3.18. The summed E-state index contributed by atoms with van der Waals surface area (Å²) in [4.78, 5) is 21.0. The second-order valence-corrected chi connectivity index (χ2v) is 6.60. The van der Waals surface area contributed by atoms with Crippen molar-refractivity contribution >= 4 is 22.5 Å². The highest BCUT2D eigenvalue weighted by atomic mass is 16.6. The van der Waals surface area contributed by atoms with E-state index < -0.39 is 0 Å². The minimum Gasteiger partial charge on any atom is -0.497 e. The lowest BCUT2D eigenvalue weighted by molar-refractivity contribution is 0.0753. The van der Waals surface area contributed by atoms with Crippen LogP contribution in [0.1, 0.15) is 22.3 Å². The van der Waals surface area contributed by atoms with Crippen molar-refractivity contribution in [2.75, 3.05) is 13.7 Å². The molecule has 6 heteroatoms. The molecule has 0 bridgehead atoms. The molecule has 2 aromatic carbocycles. The number of carbonyl (C=O) groups excluding carboxylic acids is 1. The zero-order valence-corrected chi connectivity index (χ0v) is 15.1. The van der Waals surface area contributed by atoms with Gasteiger partial charge in [-0.2, -0.15) is 0 Å². The molecular weight excluding hydrogens is 342 g/mol. The Kier molecular flexibility index (Phi) is 4.78. The van der Waals surface area contributed by atoms with Gasteiger partial charge in [-0.3, -0.25) is 4.79 Å². The van der Waals surface area contributed by atoms with Crippen molar-refractivity contribution in [1.82, 2.24) is 10.3 Å². The Hall–Kier alpha value is -3.28. The maximum atomic E-state index is 12.4. The Balaban J connectivity index is 1.28. The number of methoxy groups -OCH3 is 1. The second-order valence-electron chi connectivity index (χ2n) is 6.60. The van der Waals surface area contributed by atoms with E-state index >= 15 is 0 Å². The Morgan fingerprint density at radius 2 is 2.11 bits per heavy atom. The van der Waals surface area contributed by atoms with Gasteiger partial charge in [0.05, 0.1) is 19.4 Å². The molecule has 1 atom stereocenters. The molecule has 6 nitrogen and oxygen atoms in total. The first kappa shape index (κ1) is 17.1. The first-order valence-corrected chi connectivity index (χ1v) is 8.91. The third-order valence-corrected chi connectivity index (χ3v) is 4.67. The molecule has 27 heavy (non-hydrogen) atoms. The van der Waals surface area contributed by atoms with Gasteiger partial charge in [0, 0.05) is 35.5 Å². The summed E-state index contributed by atoms with van der Waals surface area (Å²) in [6.45, 7) is 0.430. The van der Waals surface area contributed by atoms with Gasteiger partial charge in [-0.05, 0) is 42.0 Å². The number of H-pyrrole nitrogens is 1. The van der Waals surface area contributed by atoms with Crippen molar-refractivity contribution in [3.8, 4) is 5.75 Å². The van der Waals surface area contributed by atoms with Crippen molar-refractivity contribution in [2.45, 2.75) is 18.9 Å². The molecule has 0 radical (unpaired) electrons. The van der Waals surface area contributed by atoms with Crippen molar-refractivity contribution in [2.24, 2.45) is 5.16 Å². The van der Waals surface area contributed by atoms with Crippen molar-refractivity contribution < 1.29 is 14.4 Å². The van der Waals surface area contributed by atoms with Crippen LogP contribution in [0.2, 0.25) is 0 Å². The van der Waals surface area contributed by atoms with E-state index in [0.717, 1.165) is 34.3 Å². The summed E-state index contributed by atoms with van der Waals surface area (Å²) in [5.41, 5.74) is 3.79. The van der Waals surface area contributed by atoms with Crippen LogP contribution in [0.3, 0.4) is 0 Å². The lowest BCUT2D eigenvalue weighted by Gasteiger charge is -2.10. The number of carbonyl (C=O) groups is 1. The number of hydrogen-bond donors (Lipinski definition) is 2. The number of fused-ring (bicyclic) bond motifs is 1. The molecule has 0 aliphatic carbocycles. The first-order chi connectivity index (χ1) is 13.2. The van der Waals surface area contributed by atoms with Gasteiger partial charge in [0.1, 0.15) is 11.9 Å². The first-order valence-electron chi connectivity index (χ1n) is 8.91. The monoisotopic (exact) mass is 363 g/mol. The van der Waals surface area contributed by atoms with E-state index in [9.17, 15) is 4.79 Å². The zero-order valence-electron chi connectivity index (χ0n) is 15.1. The zero-order chi connectivity index (χ0) is 18.6. The lowest BCUT2D eigenvalue weighted by Crippen LogP contribution is -2.32. The van der Waals surface area contributed by atoms with Crippen molar-refractivity contribution in [1.29, 1.82) is 0 Å². The van der Waals surface area contributed by atoms with E-state index in [1.807, 2.05) is 54.7 Å². The number of oxime groups is 1. The number of rotatable bonds is 6. The summed E-state index contributed by atoms with van der Waals surface area (Å²) in [7, 11) is 1.65. The summed E-state index contributed by atoms with van der Waals surface area (Å²) in [6.07, 6.45) is 3.18. The van der Waals surface area contributed by atoms with Gasteiger partial charge in [0.15, 0.2) is 0 Å². The average Bonchev–Trinajstić information content (AvgIpc) is 3.35. The van der Waals surface area contributed by atoms with Crippen LogP contribution < -0.4 is 10.1 Å². The van der Waals surface area contributed by atoms with Gasteiger partial charge in [-0.15, -0.1) is 0 Å². The number of ether oxygens (including phenoxy) is 1. The maximum absolute atomic E-state index is 12.4. The molecule has 0 spiro atoms. The molecule has 4 rings (SSSR count). The molecule has 3 aromatic rings. The highest BCUT2D eigenvalue weighted by Crippen LogP contribution is 2.17. The van der Waals surface area contributed by atoms with Gasteiger partial charge in [0.2, 0.25) is 0 Å². The lowest BCUT2D eigenvalue weighted by atomic mass is 10.0. The number of nitrogens with one attached hydrogen (secondary N) is 2. The average molecular weight is 363 g/mol. The largest absolute Gasteiger partial charge is 0.497 e. The quantitative estimate of drug-likeness (QED) is 0.706. The highest BCUT2D eigenvalue weighted by Gasteiger charge is 2.22. The molecular formula is C21H21N3O3. The molecule has 1 aromatic heterocycles. The van der Waals surface area contributed by atoms with Crippen LogP contribution in [-0.2, 0) is 11.3 Å². The maximum Gasteiger partial charge on any atom is 0.251 e. The molecule has 0 saturated heterocycles. The number of benzene rings is 2. The number of aromatic amines is 1.